The van der Waals surface area contributed by atoms with Gasteiger partial charge in [-0.15, -0.1) is 0 Å². The summed E-state index contributed by atoms with van der Waals surface area (Å²) >= 11 is 12.3. The fourth-order valence-corrected chi connectivity index (χ4v) is 4.76. The number of nitrogens with one attached hydrogen (secondary N) is 1. The molecule has 1 atom stereocenters. The highest BCUT2D eigenvalue weighted by molar-refractivity contribution is 6.35. The van der Waals surface area contributed by atoms with Crippen LogP contribution in [-0.2, 0) is 22.6 Å². The zero-order valence-corrected chi connectivity index (χ0v) is 20.4. The first-order chi connectivity index (χ1) is 15.4. The molecule has 0 unspecified atom stereocenters. The van der Waals surface area contributed by atoms with Crippen molar-refractivity contribution in [2.45, 2.75) is 77.4 Å². The van der Waals surface area contributed by atoms with E-state index in [1.165, 1.54) is 6.42 Å². The van der Waals surface area contributed by atoms with Crippen LogP contribution < -0.4 is 5.32 Å². The quantitative estimate of drug-likeness (QED) is 0.502. The molecule has 3 rings (SSSR count). The Hall–Kier alpha value is -2.04. The molecule has 0 bridgehead atoms. The standard InChI is InChI=1S/C26H32Cl2N2O2/c1-3-24(26(32)29-22-7-5-4-6-8-22)30(17-19-11-9-18(2)10-12-19)25(31)15-20-13-14-21(27)16-23(20)28/h9-14,16,22,24H,3-8,15,17H2,1-2H3,(H,29,32)/t24-/m1/s1. The molecule has 32 heavy (non-hydrogen) atoms. The maximum absolute atomic E-state index is 13.5. The van der Waals surface area contributed by atoms with E-state index in [1.807, 2.05) is 38.1 Å². The molecule has 0 aromatic heterocycles. The van der Waals surface area contributed by atoms with Crippen molar-refractivity contribution in [3.63, 3.8) is 0 Å². The molecular formula is C26H32Cl2N2O2. The van der Waals surface area contributed by atoms with Gasteiger partial charge in [-0.25, -0.2) is 0 Å². The van der Waals surface area contributed by atoms with E-state index in [9.17, 15) is 9.59 Å². The van der Waals surface area contributed by atoms with Crippen molar-refractivity contribution >= 4 is 35.0 Å². The van der Waals surface area contributed by atoms with Gasteiger partial charge in [0.05, 0.1) is 6.42 Å². The summed E-state index contributed by atoms with van der Waals surface area (Å²) in [7, 11) is 0. The lowest BCUT2D eigenvalue weighted by atomic mass is 9.95. The molecule has 1 N–H and O–H groups in total. The summed E-state index contributed by atoms with van der Waals surface area (Å²) in [6, 6.07) is 12.9. The Labute approximate surface area is 201 Å². The van der Waals surface area contributed by atoms with Crippen molar-refractivity contribution in [3.8, 4) is 0 Å². The molecule has 0 radical (unpaired) electrons. The van der Waals surface area contributed by atoms with E-state index in [0.717, 1.165) is 36.8 Å². The van der Waals surface area contributed by atoms with Gasteiger partial charge in [0.15, 0.2) is 0 Å². The lowest BCUT2D eigenvalue weighted by Gasteiger charge is -2.33. The Kier molecular flexibility index (Phi) is 9.01. The summed E-state index contributed by atoms with van der Waals surface area (Å²) in [5.41, 5.74) is 2.86. The van der Waals surface area contributed by atoms with E-state index in [-0.39, 0.29) is 24.3 Å². The highest BCUT2D eigenvalue weighted by Gasteiger charge is 2.30. The van der Waals surface area contributed by atoms with Gasteiger partial charge in [0.25, 0.3) is 0 Å². The zero-order valence-electron chi connectivity index (χ0n) is 18.9. The maximum Gasteiger partial charge on any atom is 0.243 e. The van der Waals surface area contributed by atoms with Gasteiger partial charge in [-0.2, -0.15) is 0 Å². The number of hydrogen-bond donors (Lipinski definition) is 1. The summed E-state index contributed by atoms with van der Waals surface area (Å²) in [6.45, 7) is 4.36. The van der Waals surface area contributed by atoms with Gasteiger partial charge >= 0.3 is 0 Å². The highest BCUT2D eigenvalue weighted by Crippen LogP contribution is 2.24. The summed E-state index contributed by atoms with van der Waals surface area (Å²) in [4.78, 5) is 28.4. The highest BCUT2D eigenvalue weighted by atomic mass is 35.5. The van der Waals surface area contributed by atoms with E-state index < -0.39 is 6.04 Å². The van der Waals surface area contributed by atoms with E-state index in [0.29, 0.717) is 28.6 Å². The van der Waals surface area contributed by atoms with Crippen LogP contribution in [0.3, 0.4) is 0 Å². The molecule has 1 saturated carbocycles. The molecule has 2 aromatic rings. The van der Waals surface area contributed by atoms with Crippen molar-refractivity contribution in [3.05, 3.63) is 69.2 Å². The van der Waals surface area contributed by atoms with Crippen LogP contribution in [0.5, 0.6) is 0 Å². The Bertz CT molecular complexity index is 924. The van der Waals surface area contributed by atoms with Gasteiger partial charge in [0.1, 0.15) is 6.04 Å². The lowest BCUT2D eigenvalue weighted by Crippen LogP contribution is -2.52. The first kappa shape index (κ1) is 24.6. The summed E-state index contributed by atoms with van der Waals surface area (Å²) in [6.07, 6.45) is 6.19. The van der Waals surface area contributed by atoms with Crippen molar-refractivity contribution in [2.24, 2.45) is 0 Å². The summed E-state index contributed by atoms with van der Waals surface area (Å²) in [5.74, 6) is -0.192. The number of carbonyl (C=O) groups excluding carboxylic acids is 2. The van der Waals surface area contributed by atoms with E-state index in [4.69, 9.17) is 23.2 Å². The van der Waals surface area contributed by atoms with Gasteiger partial charge in [-0.1, -0.05) is 85.3 Å². The van der Waals surface area contributed by atoms with Crippen LogP contribution in [0.15, 0.2) is 42.5 Å². The fraction of sp³-hybridized carbons (Fsp3) is 0.462. The Morgan fingerprint density at radius 3 is 2.38 bits per heavy atom. The van der Waals surface area contributed by atoms with Crippen molar-refractivity contribution in [2.75, 3.05) is 0 Å². The van der Waals surface area contributed by atoms with Crippen LogP contribution in [0.1, 0.15) is 62.1 Å². The predicted octanol–water partition coefficient (Wildman–Crippen LogP) is 6.10. The minimum absolute atomic E-state index is 0.0675. The van der Waals surface area contributed by atoms with Gasteiger partial charge in [-0.3, -0.25) is 9.59 Å². The van der Waals surface area contributed by atoms with E-state index in [1.54, 1.807) is 23.1 Å². The molecule has 172 valence electrons. The average molecular weight is 475 g/mol. The fourth-order valence-electron chi connectivity index (χ4n) is 4.28. The number of rotatable bonds is 8. The molecule has 6 heteroatoms. The number of halogens is 2. The van der Waals surface area contributed by atoms with Crippen LogP contribution in [0.4, 0.5) is 0 Å². The van der Waals surface area contributed by atoms with Crippen molar-refractivity contribution in [1.82, 2.24) is 10.2 Å². The SMILES string of the molecule is CC[C@H](C(=O)NC1CCCCC1)N(Cc1ccc(C)cc1)C(=O)Cc1ccc(Cl)cc1Cl. The molecule has 4 nitrogen and oxygen atoms in total. The molecule has 1 fully saturated rings. The summed E-state index contributed by atoms with van der Waals surface area (Å²) < 4.78 is 0. The number of benzene rings is 2. The second-order valence-corrected chi connectivity index (χ2v) is 9.53. The molecule has 1 aliphatic carbocycles. The third-order valence-corrected chi connectivity index (χ3v) is 6.75. The number of aryl methyl sites for hydroxylation is 1. The maximum atomic E-state index is 13.5. The number of nitrogens with zero attached hydrogens (tertiary/aromatic N) is 1. The number of carbonyl (C=O) groups is 2. The van der Waals surface area contributed by atoms with Crippen LogP contribution in [0.25, 0.3) is 0 Å². The monoisotopic (exact) mass is 474 g/mol. The van der Waals surface area contributed by atoms with Gasteiger partial charge in [-0.05, 0) is 49.4 Å². The number of amides is 2. The molecule has 1 aliphatic rings. The molecule has 0 aliphatic heterocycles. The predicted molar refractivity (Wildman–Crippen MR) is 131 cm³/mol. The van der Waals surface area contributed by atoms with Crippen LogP contribution in [0, 0.1) is 6.92 Å². The Morgan fingerprint density at radius 1 is 1.06 bits per heavy atom. The van der Waals surface area contributed by atoms with E-state index >= 15 is 0 Å². The number of hydrogen-bond acceptors (Lipinski definition) is 2. The zero-order chi connectivity index (χ0) is 23.1. The molecule has 0 spiro atoms. The Morgan fingerprint density at radius 2 is 1.75 bits per heavy atom. The van der Waals surface area contributed by atoms with Gasteiger partial charge in [0.2, 0.25) is 11.8 Å². The minimum atomic E-state index is -0.531. The van der Waals surface area contributed by atoms with Crippen LogP contribution in [-0.4, -0.2) is 28.8 Å². The molecule has 2 amide bonds. The van der Waals surface area contributed by atoms with Crippen molar-refractivity contribution in [1.29, 1.82) is 0 Å². The molecule has 0 heterocycles. The first-order valence-corrected chi connectivity index (χ1v) is 12.2. The molecular weight excluding hydrogens is 443 g/mol. The minimum Gasteiger partial charge on any atom is -0.352 e. The van der Waals surface area contributed by atoms with Gasteiger partial charge in [0, 0.05) is 22.6 Å². The topological polar surface area (TPSA) is 49.4 Å². The van der Waals surface area contributed by atoms with Crippen LogP contribution in [0.2, 0.25) is 10.0 Å². The normalized spacial score (nSPS) is 15.2. The molecule has 2 aromatic carbocycles. The largest absolute Gasteiger partial charge is 0.352 e. The lowest BCUT2D eigenvalue weighted by molar-refractivity contribution is -0.141. The smallest absolute Gasteiger partial charge is 0.243 e. The first-order valence-electron chi connectivity index (χ1n) is 11.5. The third kappa shape index (κ3) is 6.73. The second kappa shape index (κ2) is 11.7. The van der Waals surface area contributed by atoms with Crippen LogP contribution >= 0.6 is 23.2 Å². The average Bonchev–Trinajstić information content (AvgIpc) is 2.77. The summed E-state index contributed by atoms with van der Waals surface area (Å²) in [5, 5.41) is 4.19. The second-order valence-electron chi connectivity index (χ2n) is 8.69. The Balaban J connectivity index is 1.82. The molecule has 0 saturated heterocycles. The van der Waals surface area contributed by atoms with E-state index in [2.05, 4.69) is 5.32 Å². The van der Waals surface area contributed by atoms with Gasteiger partial charge < -0.3 is 10.2 Å². The van der Waals surface area contributed by atoms with Crippen molar-refractivity contribution < 1.29 is 9.59 Å². The third-order valence-electron chi connectivity index (χ3n) is 6.17.